The van der Waals surface area contributed by atoms with Crippen molar-refractivity contribution in [3.05, 3.63) is 66.6 Å². The van der Waals surface area contributed by atoms with Gasteiger partial charge in [0.25, 0.3) is 0 Å². The number of hydrogen-bond acceptors (Lipinski definition) is 5. The van der Waals surface area contributed by atoms with Crippen LogP contribution in [0.1, 0.15) is 12.8 Å². The van der Waals surface area contributed by atoms with Crippen LogP contribution in [-0.2, 0) is 14.8 Å². The van der Waals surface area contributed by atoms with Crippen LogP contribution >= 0.6 is 0 Å². The number of aromatic nitrogens is 1. The highest BCUT2D eigenvalue weighted by atomic mass is 32.2. The molecule has 0 N–H and O–H groups in total. The van der Waals surface area contributed by atoms with Gasteiger partial charge in [-0.15, -0.1) is 0 Å². The molecule has 2 aromatic carbocycles. The Morgan fingerprint density at radius 3 is 2.44 bits per heavy atom. The Bertz CT molecular complexity index is 1290. The molecule has 1 atom stereocenters. The summed E-state index contributed by atoms with van der Waals surface area (Å²) < 4.78 is 41.6. The molecule has 0 bridgehead atoms. The van der Waals surface area contributed by atoms with E-state index in [1.165, 1.54) is 16.4 Å². The quantitative estimate of drug-likeness (QED) is 0.571. The van der Waals surface area contributed by atoms with Gasteiger partial charge in [-0.05, 0) is 49.2 Å². The summed E-state index contributed by atoms with van der Waals surface area (Å²) in [6, 6.07) is 15.2. The Kier molecular flexibility index (Phi) is 6.22. The van der Waals surface area contributed by atoms with Crippen LogP contribution in [0.25, 0.3) is 10.9 Å². The molecule has 2 saturated heterocycles. The number of para-hydroxylation sites is 1. The Balaban J connectivity index is 1.27. The predicted molar refractivity (Wildman–Crippen MR) is 128 cm³/mol. The normalized spacial score (nSPS) is 20.0. The van der Waals surface area contributed by atoms with Gasteiger partial charge in [0.2, 0.25) is 15.9 Å². The van der Waals surface area contributed by atoms with Gasteiger partial charge in [-0.3, -0.25) is 9.78 Å². The zero-order valence-corrected chi connectivity index (χ0v) is 19.6. The first-order valence-corrected chi connectivity index (χ1v) is 13.0. The topological polar surface area (TPSA) is 73.8 Å². The largest absolute Gasteiger partial charge is 0.368 e. The predicted octanol–water partition coefficient (Wildman–Crippen LogP) is 3.12. The first-order chi connectivity index (χ1) is 16.4. The second-order valence-corrected chi connectivity index (χ2v) is 10.7. The van der Waals surface area contributed by atoms with Crippen LogP contribution in [0.2, 0.25) is 0 Å². The zero-order valence-electron chi connectivity index (χ0n) is 18.8. The average molecular weight is 483 g/mol. The number of piperidine rings is 1. The Labute approximate surface area is 198 Å². The van der Waals surface area contributed by atoms with Gasteiger partial charge in [0.05, 0.1) is 11.4 Å². The fourth-order valence-electron chi connectivity index (χ4n) is 4.88. The van der Waals surface area contributed by atoms with Crippen molar-refractivity contribution in [3.8, 4) is 0 Å². The molecule has 9 heteroatoms. The van der Waals surface area contributed by atoms with E-state index >= 15 is 0 Å². The minimum Gasteiger partial charge on any atom is -0.368 e. The van der Waals surface area contributed by atoms with Crippen molar-refractivity contribution in [1.29, 1.82) is 0 Å². The van der Waals surface area contributed by atoms with Gasteiger partial charge >= 0.3 is 0 Å². The number of sulfonamides is 1. The molecular weight excluding hydrogens is 455 g/mol. The molecule has 5 rings (SSSR count). The summed E-state index contributed by atoms with van der Waals surface area (Å²) in [4.78, 5) is 21.7. The molecule has 0 unspecified atom stereocenters. The van der Waals surface area contributed by atoms with Crippen molar-refractivity contribution in [3.63, 3.8) is 0 Å². The highest BCUT2D eigenvalue weighted by Gasteiger charge is 2.36. The molecule has 1 aromatic heterocycles. The minimum absolute atomic E-state index is 0.00898. The molecule has 3 heterocycles. The highest BCUT2D eigenvalue weighted by molar-refractivity contribution is 7.89. The lowest BCUT2D eigenvalue weighted by molar-refractivity contribution is -0.137. The van der Waals surface area contributed by atoms with Crippen molar-refractivity contribution in [2.24, 2.45) is 5.92 Å². The molecule has 0 spiro atoms. The number of carbonyl (C=O) groups is 1. The van der Waals surface area contributed by atoms with Crippen LogP contribution in [0, 0.1) is 11.7 Å². The molecule has 0 aliphatic carbocycles. The van der Waals surface area contributed by atoms with Crippen molar-refractivity contribution in [2.45, 2.75) is 17.7 Å². The van der Waals surface area contributed by atoms with Gasteiger partial charge in [0, 0.05) is 56.5 Å². The summed E-state index contributed by atoms with van der Waals surface area (Å²) >= 11 is 0. The van der Waals surface area contributed by atoms with E-state index < -0.39 is 10.0 Å². The van der Waals surface area contributed by atoms with Crippen LogP contribution in [0.5, 0.6) is 0 Å². The van der Waals surface area contributed by atoms with Gasteiger partial charge in [0.1, 0.15) is 10.7 Å². The molecule has 3 aromatic rings. The third-order valence-electron chi connectivity index (χ3n) is 6.73. The van der Waals surface area contributed by atoms with Crippen LogP contribution < -0.4 is 4.90 Å². The van der Waals surface area contributed by atoms with Gasteiger partial charge in [-0.25, -0.2) is 12.8 Å². The molecule has 0 radical (unpaired) electrons. The Morgan fingerprint density at radius 2 is 1.68 bits per heavy atom. The van der Waals surface area contributed by atoms with Crippen molar-refractivity contribution in [2.75, 3.05) is 44.2 Å². The van der Waals surface area contributed by atoms with E-state index in [4.69, 9.17) is 0 Å². The SMILES string of the molecule is O=C([C@H]1CCCN(S(=O)(=O)c2cccc3cccnc23)C1)N1CCN(c2ccc(F)cc2)CC1. The smallest absolute Gasteiger partial charge is 0.245 e. The first kappa shape index (κ1) is 22.7. The maximum absolute atomic E-state index is 13.5. The number of amides is 1. The van der Waals surface area contributed by atoms with Gasteiger partial charge in [-0.1, -0.05) is 18.2 Å². The molecule has 2 aliphatic heterocycles. The monoisotopic (exact) mass is 482 g/mol. The summed E-state index contributed by atoms with van der Waals surface area (Å²) in [7, 11) is -3.77. The standard InChI is InChI=1S/C25H27FN4O3S/c26-21-8-10-22(11-9-21)28-14-16-29(17-15-28)25(31)20-6-3-13-30(18-20)34(32,33)23-7-1-4-19-5-2-12-27-24(19)23/h1-2,4-5,7-12,20H,3,6,13-18H2/t20-/m0/s1. The van der Waals surface area contributed by atoms with E-state index in [1.54, 1.807) is 36.5 Å². The Morgan fingerprint density at radius 1 is 0.941 bits per heavy atom. The summed E-state index contributed by atoms with van der Waals surface area (Å²) in [6.45, 7) is 3.03. The van der Waals surface area contributed by atoms with Crippen LogP contribution in [0.4, 0.5) is 10.1 Å². The fraction of sp³-hybridized carbons (Fsp3) is 0.360. The third kappa shape index (κ3) is 4.37. The van der Waals surface area contributed by atoms with Crippen molar-refractivity contribution >= 4 is 32.5 Å². The number of nitrogens with zero attached hydrogens (tertiary/aromatic N) is 4. The number of piperazine rings is 1. The number of rotatable bonds is 4. The number of benzene rings is 2. The molecule has 2 aliphatic rings. The summed E-state index contributed by atoms with van der Waals surface area (Å²) in [5.74, 6) is -0.618. The third-order valence-corrected chi connectivity index (χ3v) is 8.63. The van der Waals surface area contributed by atoms with Gasteiger partial charge < -0.3 is 9.80 Å². The summed E-state index contributed by atoms with van der Waals surface area (Å²) in [5, 5.41) is 0.771. The second-order valence-electron chi connectivity index (χ2n) is 8.82. The van der Waals surface area contributed by atoms with Crippen LogP contribution in [0.15, 0.2) is 65.7 Å². The van der Waals surface area contributed by atoms with E-state index in [9.17, 15) is 17.6 Å². The van der Waals surface area contributed by atoms with E-state index in [2.05, 4.69) is 9.88 Å². The zero-order chi connectivity index (χ0) is 23.7. The van der Waals surface area contributed by atoms with Crippen LogP contribution in [-0.4, -0.2) is 67.8 Å². The number of carbonyl (C=O) groups excluding carboxylic acids is 1. The highest BCUT2D eigenvalue weighted by Crippen LogP contribution is 2.29. The lowest BCUT2D eigenvalue weighted by Crippen LogP contribution is -2.53. The maximum Gasteiger partial charge on any atom is 0.245 e. The van der Waals surface area contributed by atoms with E-state index in [0.717, 1.165) is 11.1 Å². The molecule has 34 heavy (non-hydrogen) atoms. The molecular formula is C25H27FN4O3S. The molecule has 2 fully saturated rings. The number of anilines is 1. The van der Waals surface area contributed by atoms with Gasteiger partial charge in [-0.2, -0.15) is 4.31 Å². The lowest BCUT2D eigenvalue weighted by atomic mass is 9.97. The van der Waals surface area contributed by atoms with E-state index in [0.29, 0.717) is 51.1 Å². The van der Waals surface area contributed by atoms with Crippen molar-refractivity contribution in [1.82, 2.24) is 14.2 Å². The fourth-order valence-corrected chi connectivity index (χ4v) is 6.57. The first-order valence-electron chi connectivity index (χ1n) is 11.6. The number of hydrogen-bond donors (Lipinski definition) is 0. The molecule has 7 nitrogen and oxygen atoms in total. The molecule has 178 valence electrons. The molecule has 0 saturated carbocycles. The number of halogens is 1. The maximum atomic E-state index is 13.5. The van der Waals surface area contributed by atoms with Gasteiger partial charge in [0.15, 0.2) is 0 Å². The Hall–Kier alpha value is -3.04. The van der Waals surface area contributed by atoms with E-state index in [-0.39, 0.29) is 29.1 Å². The molecule has 1 amide bonds. The average Bonchev–Trinajstić information content (AvgIpc) is 2.88. The second kappa shape index (κ2) is 9.31. The minimum atomic E-state index is -3.77. The van der Waals surface area contributed by atoms with E-state index in [1.807, 2.05) is 17.0 Å². The summed E-state index contributed by atoms with van der Waals surface area (Å²) in [6.07, 6.45) is 2.91. The van der Waals surface area contributed by atoms with Crippen molar-refractivity contribution < 1.29 is 17.6 Å². The summed E-state index contributed by atoms with van der Waals surface area (Å²) in [5.41, 5.74) is 1.39. The lowest BCUT2D eigenvalue weighted by Gasteiger charge is -2.39. The number of pyridine rings is 1. The number of fused-ring (bicyclic) bond motifs is 1. The van der Waals surface area contributed by atoms with Crippen LogP contribution in [0.3, 0.4) is 0 Å².